The molecule has 0 aliphatic rings. The predicted molar refractivity (Wildman–Crippen MR) is 64.7 cm³/mol. The summed E-state index contributed by atoms with van der Waals surface area (Å²) in [5.74, 6) is 1.03. The van der Waals surface area contributed by atoms with Gasteiger partial charge in [0.15, 0.2) is 0 Å². The summed E-state index contributed by atoms with van der Waals surface area (Å²) in [7, 11) is 0. The van der Waals surface area contributed by atoms with E-state index in [2.05, 4.69) is 16.7 Å². The standard InChI is InChI=1S/C13H9N3O/c1-15-10-5-7-12(8-6-10)17-13-4-2-3-11(9-14)16-13/h2-8H,1H2. The van der Waals surface area contributed by atoms with Crippen molar-refractivity contribution in [1.82, 2.24) is 4.98 Å². The lowest BCUT2D eigenvalue weighted by atomic mass is 10.3. The Balaban J connectivity index is 2.19. The van der Waals surface area contributed by atoms with Gasteiger partial charge in [-0.2, -0.15) is 5.26 Å². The zero-order valence-electron chi connectivity index (χ0n) is 9.00. The van der Waals surface area contributed by atoms with Gasteiger partial charge < -0.3 is 4.74 Å². The number of hydrogen-bond acceptors (Lipinski definition) is 4. The molecule has 1 aromatic heterocycles. The summed E-state index contributed by atoms with van der Waals surface area (Å²) in [5.41, 5.74) is 1.10. The summed E-state index contributed by atoms with van der Waals surface area (Å²) in [6.45, 7) is 3.43. The first-order valence-corrected chi connectivity index (χ1v) is 4.93. The van der Waals surface area contributed by atoms with Crippen LogP contribution in [0.15, 0.2) is 47.5 Å². The van der Waals surface area contributed by atoms with Crippen LogP contribution in [0, 0.1) is 11.3 Å². The molecule has 2 rings (SSSR count). The van der Waals surface area contributed by atoms with Crippen molar-refractivity contribution in [3.63, 3.8) is 0 Å². The van der Waals surface area contributed by atoms with Gasteiger partial charge >= 0.3 is 0 Å². The number of pyridine rings is 1. The minimum atomic E-state index is 0.326. The summed E-state index contributed by atoms with van der Waals surface area (Å²) < 4.78 is 5.50. The van der Waals surface area contributed by atoms with Crippen LogP contribution in [0.1, 0.15) is 5.69 Å². The number of aliphatic imine (C=N–C) groups is 1. The Morgan fingerprint density at radius 1 is 1.18 bits per heavy atom. The third-order valence-electron chi connectivity index (χ3n) is 2.08. The fourth-order valence-electron chi connectivity index (χ4n) is 1.27. The van der Waals surface area contributed by atoms with Crippen LogP contribution >= 0.6 is 0 Å². The third kappa shape index (κ3) is 2.67. The maximum absolute atomic E-state index is 8.71. The molecule has 0 N–H and O–H groups in total. The van der Waals surface area contributed by atoms with Crippen molar-refractivity contribution in [2.75, 3.05) is 0 Å². The van der Waals surface area contributed by atoms with E-state index in [4.69, 9.17) is 10.00 Å². The number of benzene rings is 1. The van der Waals surface area contributed by atoms with Crippen LogP contribution in [0.4, 0.5) is 5.69 Å². The number of nitriles is 1. The van der Waals surface area contributed by atoms with E-state index in [1.807, 2.05) is 6.07 Å². The second-order valence-corrected chi connectivity index (χ2v) is 3.23. The van der Waals surface area contributed by atoms with Crippen molar-refractivity contribution in [3.8, 4) is 17.7 Å². The average Bonchev–Trinajstić information content (AvgIpc) is 2.40. The average molecular weight is 223 g/mol. The summed E-state index contributed by atoms with van der Waals surface area (Å²) in [5, 5.41) is 8.71. The first-order chi connectivity index (χ1) is 8.31. The first kappa shape index (κ1) is 10.8. The molecule has 17 heavy (non-hydrogen) atoms. The van der Waals surface area contributed by atoms with Gasteiger partial charge in [-0.1, -0.05) is 6.07 Å². The van der Waals surface area contributed by atoms with Crippen molar-refractivity contribution in [1.29, 1.82) is 5.26 Å². The Kier molecular flexibility index (Phi) is 3.13. The molecule has 4 heteroatoms. The van der Waals surface area contributed by atoms with E-state index in [9.17, 15) is 0 Å². The monoisotopic (exact) mass is 223 g/mol. The zero-order valence-corrected chi connectivity index (χ0v) is 9.00. The molecule has 4 nitrogen and oxygen atoms in total. The summed E-state index contributed by atoms with van der Waals surface area (Å²) >= 11 is 0. The second kappa shape index (κ2) is 4.90. The Labute approximate surface area is 98.8 Å². The van der Waals surface area contributed by atoms with E-state index >= 15 is 0 Å². The van der Waals surface area contributed by atoms with Crippen molar-refractivity contribution >= 4 is 12.4 Å². The summed E-state index contributed by atoms with van der Waals surface area (Å²) in [6.07, 6.45) is 0. The molecule has 0 unspecified atom stereocenters. The molecule has 82 valence electrons. The van der Waals surface area contributed by atoms with Gasteiger partial charge in [0.05, 0.1) is 5.69 Å². The fourth-order valence-corrected chi connectivity index (χ4v) is 1.27. The lowest BCUT2D eigenvalue weighted by Crippen LogP contribution is -1.89. The van der Waals surface area contributed by atoms with Crippen LogP contribution in [-0.2, 0) is 0 Å². The molecular weight excluding hydrogens is 214 g/mol. The van der Waals surface area contributed by atoms with Crippen LogP contribution in [0.2, 0.25) is 0 Å². The predicted octanol–water partition coefficient (Wildman–Crippen LogP) is 3.08. The Hall–Kier alpha value is -2.67. The van der Waals surface area contributed by atoms with Gasteiger partial charge in [-0.3, -0.25) is 4.99 Å². The van der Waals surface area contributed by atoms with Crippen LogP contribution in [-0.4, -0.2) is 11.7 Å². The Bertz CT molecular complexity index is 570. The molecule has 0 saturated carbocycles. The van der Waals surface area contributed by atoms with Crippen LogP contribution in [0.25, 0.3) is 0 Å². The van der Waals surface area contributed by atoms with E-state index in [-0.39, 0.29) is 0 Å². The maximum atomic E-state index is 8.71. The van der Waals surface area contributed by atoms with E-state index < -0.39 is 0 Å². The van der Waals surface area contributed by atoms with Gasteiger partial charge in [-0.15, -0.1) is 0 Å². The highest BCUT2D eigenvalue weighted by atomic mass is 16.5. The first-order valence-electron chi connectivity index (χ1n) is 4.93. The van der Waals surface area contributed by atoms with Crippen molar-refractivity contribution in [3.05, 3.63) is 48.2 Å². The fraction of sp³-hybridized carbons (Fsp3) is 0. The highest BCUT2D eigenvalue weighted by Gasteiger charge is 2.00. The molecule has 0 radical (unpaired) electrons. The zero-order chi connectivity index (χ0) is 12.1. The highest BCUT2D eigenvalue weighted by Crippen LogP contribution is 2.22. The van der Waals surface area contributed by atoms with Gasteiger partial charge in [0, 0.05) is 6.07 Å². The lowest BCUT2D eigenvalue weighted by Gasteiger charge is -2.04. The van der Waals surface area contributed by atoms with Crippen LogP contribution < -0.4 is 4.74 Å². The summed E-state index contributed by atoms with van der Waals surface area (Å²) in [4.78, 5) is 7.79. The number of ether oxygens (including phenoxy) is 1. The van der Waals surface area contributed by atoms with E-state index in [1.165, 1.54) is 0 Å². The largest absolute Gasteiger partial charge is 0.439 e. The Morgan fingerprint density at radius 2 is 1.94 bits per heavy atom. The number of nitrogens with zero attached hydrogens (tertiary/aromatic N) is 3. The molecule has 0 aliphatic heterocycles. The van der Waals surface area contributed by atoms with Gasteiger partial charge in [-0.05, 0) is 37.0 Å². The third-order valence-corrected chi connectivity index (χ3v) is 2.08. The van der Waals surface area contributed by atoms with Crippen molar-refractivity contribution < 1.29 is 4.74 Å². The van der Waals surface area contributed by atoms with Crippen molar-refractivity contribution in [2.45, 2.75) is 0 Å². The van der Waals surface area contributed by atoms with Crippen LogP contribution in [0.5, 0.6) is 11.6 Å². The van der Waals surface area contributed by atoms with Gasteiger partial charge in [-0.25, -0.2) is 4.98 Å². The highest BCUT2D eigenvalue weighted by molar-refractivity contribution is 5.47. The quantitative estimate of drug-likeness (QED) is 0.751. The molecule has 1 heterocycles. The molecular formula is C13H9N3O. The normalized spacial score (nSPS) is 9.35. The van der Waals surface area contributed by atoms with Gasteiger partial charge in [0.25, 0.3) is 0 Å². The molecule has 0 fully saturated rings. The van der Waals surface area contributed by atoms with E-state index in [0.717, 1.165) is 5.69 Å². The molecule has 0 spiro atoms. The Morgan fingerprint density at radius 3 is 2.59 bits per heavy atom. The molecule has 0 saturated heterocycles. The van der Waals surface area contributed by atoms with Crippen LogP contribution in [0.3, 0.4) is 0 Å². The maximum Gasteiger partial charge on any atom is 0.220 e. The van der Waals surface area contributed by atoms with E-state index in [0.29, 0.717) is 17.3 Å². The minimum absolute atomic E-state index is 0.326. The molecule has 1 aromatic carbocycles. The van der Waals surface area contributed by atoms with Gasteiger partial charge in [0.2, 0.25) is 5.88 Å². The number of rotatable bonds is 3. The number of aromatic nitrogens is 1. The lowest BCUT2D eigenvalue weighted by molar-refractivity contribution is 0.462. The smallest absolute Gasteiger partial charge is 0.220 e. The molecule has 0 atom stereocenters. The van der Waals surface area contributed by atoms with E-state index in [1.54, 1.807) is 42.5 Å². The number of hydrogen-bond donors (Lipinski definition) is 0. The summed E-state index contributed by atoms with van der Waals surface area (Å²) in [6, 6.07) is 14.1. The minimum Gasteiger partial charge on any atom is -0.439 e. The SMILES string of the molecule is C=Nc1ccc(Oc2cccc(C#N)n2)cc1. The molecule has 0 aliphatic carbocycles. The van der Waals surface area contributed by atoms with Crippen molar-refractivity contribution in [2.24, 2.45) is 4.99 Å². The topological polar surface area (TPSA) is 58.3 Å². The molecule has 2 aromatic rings. The molecule has 0 amide bonds. The van der Waals surface area contributed by atoms with Gasteiger partial charge in [0.1, 0.15) is 17.5 Å². The molecule has 0 bridgehead atoms. The second-order valence-electron chi connectivity index (χ2n) is 3.23.